The second kappa shape index (κ2) is 4.65. The van der Waals surface area contributed by atoms with E-state index in [-0.39, 0.29) is 35.3 Å². The van der Waals surface area contributed by atoms with E-state index >= 15 is 0 Å². The van der Waals surface area contributed by atoms with Crippen molar-refractivity contribution >= 4 is 6.21 Å². The normalized spacial score (nSPS) is 8.83. The van der Waals surface area contributed by atoms with Gasteiger partial charge in [0.2, 0.25) is 0 Å². The molecule has 1 aromatic rings. The van der Waals surface area contributed by atoms with E-state index in [0.29, 0.717) is 11.1 Å². The second-order valence-corrected chi connectivity index (χ2v) is 2.64. The number of aryl methyl sites for hydroxylation is 2. The summed E-state index contributed by atoms with van der Waals surface area (Å²) in [6.45, 7) is 3.68. The Kier molecular flexibility index (Phi) is 4.53. The average molecular weight is 171 g/mol. The van der Waals surface area contributed by atoms with Crippen LogP contribution in [0.4, 0.5) is 0 Å². The first-order valence-corrected chi connectivity index (χ1v) is 3.44. The molecule has 0 bridgehead atoms. The third-order valence-corrected chi connectivity index (χ3v) is 1.60. The van der Waals surface area contributed by atoms with Crippen molar-refractivity contribution in [1.29, 1.82) is 5.41 Å². The molecule has 0 amide bonds. The van der Waals surface area contributed by atoms with E-state index in [1.165, 1.54) is 0 Å². The van der Waals surface area contributed by atoms with E-state index in [2.05, 4.69) is 0 Å². The molecule has 0 heterocycles. The monoisotopic (exact) mass is 171 g/mol. The van der Waals surface area contributed by atoms with Gasteiger partial charge in [-0.2, -0.15) is 0 Å². The molecule has 0 aliphatic carbocycles. The van der Waals surface area contributed by atoms with Crippen molar-refractivity contribution in [2.45, 2.75) is 13.8 Å². The van der Waals surface area contributed by atoms with Crippen LogP contribution in [0, 0.1) is 19.3 Å². The Morgan fingerprint density at radius 1 is 1.33 bits per heavy atom. The smallest absolute Gasteiger partial charge is 0.872 e. The predicted molar refractivity (Wildman–Crippen MR) is 43.2 cm³/mol. The summed E-state index contributed by atoms with van der Waals surface area (Å²) >= 11 is 0. The van der Waals surface area contributed by atoms with Crippen LogP contribution >= 0.6 is 0 Å². The summed E-state index contributed by atoms with van der Waals surface area (Å²) in [6.07, 6.45) is 1.10. The van der Waals surface area contributed by atoms with Crippen LogP contribution in [0.5, 0.6) is 5.75 Å². The van der Waals surface area contributed by atoms with Crippen molar-refractivity contribution in [3.05, 3.63) is 28.8 Å². The third kappa shape index (κ3) is 2.34. The van der Waals surface area contributed by atoms with Crippen molar-refractivity contribution < 1.29 is 34.7 Å². The van der Waals surface area contributed by atoms with Gasteiger partial charge in [0.1, 0.15) is 0 Å². The van der Waals surface area contributed by atoms with E-state index < -0.39 is 0 Å². The molecule has 0 fully saturated rings. The van der Waals surface area contributed by atoms with Gasteiger partial charge in [0.05, 0.1) is 0 Å². The summed E-state index contributed by atoms with van der Waals surface area (Å²) in [6, 6.07) is 3.55. The SMILES string of the molecule is Cc1cc(C)c([O-])c(C=N)c1.[Na+]. The summed E-state index contributed by atoms with van der Waals surface area (Å²) in [5.74, 6) is -0.0365. The Morgan fingerprint density at radius 3 is 2.42 bits per heavy atom. The molecular weight excluding hydrogens is 161 g/mol. The zero-order valence-corrected chi connectivity index (χ0v) is 9.64. The van der Waals surface area contributed by atoms with Crippen molar-refractivity contribution in [2.75, 3.05) is 0 Å². The molecule has 0 aliphatic heterocycles. The first kappa shape index (κ1) is 11.7. The molecule has 1 N–H and O–H groups in total. The maximum atomic E-state index is 11.2. The van der Waals surface area contributed by atoms with Gasteiger partial charge in [-0.15, -0.1) is 0 Å². The summed E-state index contributed by atoms with van der Waals surface area (Å²) in [5.41, 5.74) is 2.21. The molecule has 0 saturated carbocycles. The molecule has 0 unspecified atom stereocenters. The quantitative estimate of drug-likeness (QED) is 0.400. The van der Waals surface area contributed by atoms with E-state index in [9.17, 15) is 5.11 Å². The van der Waals surface area contributed by atoms with Crippen LogP contribution in [0.1, 0.15) is 16.7 Å². The minimum atomic E-state index is -0.0365. The van der Waals surface area contributed by atoms with Gasteiger partial charge in [0.15, 0.2) is 0 Å². The van der Waals surface area contributed by atoms with E-state index in [1.807, 2.05) is 13.0 Å². The molecule has 0 aromatic heterocycles. The number of benzene rings is 1. The fourth-order valence-corrected chi connectivity index (χ4v) is 1.09. The molecule has 12 heavy (non-hydrogen) atoms. The van der Waals surface area contributed by atoms with Gasteiger partial charge in [-0.25, -0.2) is 0 Å². The molecule has 0 radical (unpaired) electrons. The van der Waals surface area contributed by atoms with Gasteiger partial charge in [-0.3, -0.25) is 0 Å². The first-order chi connectivity index (χ1) is 5.15. The molecule has 58 valence electrons. The number of hydrogen-bond donors (Lipinski definition) is 1. The van der Waals surface area contributed by atoms with Gasteiger partial charge in [-0.1, -0.05) is 29.0 Å². The van der Waals surface area contributed by atoms with Crippen LogP contribution in [-0.2, 0) is 0 Å². The van der Waals surface area contributed by atoms with Crippen LogP contribution in [0.25, 0.3) is 0 Å². The van der Waals surface area contributed by atoms with Crippen LogP contribution in [-0.4, -0.2) is 6.21 Å². The average Bonchev–Trinajstić information content (AvgIpc) is 1.96. The fourth-order valence-electron chi connectivity index (χ4n) is 1.09. The number of rotatable bonds is 1. The molecule has 1 aromatic carbocycles. The van der Waals surface area contributed by atoms with Crippen molar-refractivity contribution in [1.82, 2.24) is 0 Å². The molecule has 0 aliphatic rings. The molecule has 3 heteroatoms. The zero-order valence-electron chi connectivity index (χ0n) is 7.64. The molecule has 0 spiro atoms. The van der Waals surface area contributed by atoms with Gasteiger partial charge in [0, 0.05) is 6.21 Å². The third-order valence-electron chi connectivity index (χ3n) is 1.60. The summed E-state index contributed by atoms with van der Waals surface area (Å²) in [4.78, 5) is 0. The van der Waals surface area contributed by atoms with Crippen LogP contribution in [0.15, 0.2) is 12.1 Å². The van der Waals surface area contributed by atoms with Crippen LogP contribution in [0.3, 0.4) is 0 Å². The molecule has 1 rings (SSSR count). The van der Waals surface area contributed by atoms with Gasteiger partial charge >= 0.3 is 29.6 Å². The fraction of sp³-hybridized carbons (Fsp3) is 0.222. The van der Waals surface area contributed by atoms with Crippen molar-refractivity contribution in [3.8, 4) is 5.75 Å². The van der Waals surface area contributed by atoms with E-state index in [1.54, 1.807) is 13.0 Å². The predicted octanol–water partition coefficient (Wildman–Crippen LogP) is -1.62. The van der Waals surface area contributed by atoms with Crippen LogP contribution < -0.4 is 34.7 Å². The van der Waals surface area contributed by atoms with Gasteiger partial charge < -0.3 is 10.5 Å². The van der Waals surface area contributed by atoms with E-state index in [4.69, 9.17) is 5.41 Å². The second-order valence-electron chi connectivity index (χ2n) is 2.64. The Bertz CT molecular complexity index is 297. The van der Waals surface area contributed by atoms with Crippen LogP contribution in [0.2, 0.25) is 0 Å². The summed E-state index contributed by atoms with van der Waals surface area (Å²) in [7, 11) is 0. The topological polar surface area (TPSA) is 46.9 Å². The summed E-state index contributed by atoms with van der Waals surface area (Å²) in [5, 5.41) is 18.2. The molecule has 0 saturated heterocycles. The van der Waals surface area contributed by atoms with Gasteiger partial charge in [-0.05, 0) is 19.4 Å². The molecule has 2 nitrogen and oxygen atoms in total. The minimum absolute atomic E-state index is 0. The standard InChI is InChI=1S/C9H11NO.Na/c1-6-3-7(2)9(11)8(4-6)5-10;/h3-5,10-11H,1-2H3;/q;+1/p-1. The maximum Gasteiger partial charge on any atom is 1.00 e. The zero-order chi connectivity index (χ0) is 8.43. The molecular formula is C9H10NNaO. The number of nitrogens with one attached hydrogen (secondary N) is 1. The summed E-state index contributed by atoms with van der Waals surface area (Å²) < 4.78 is 0. The Morgan fingerprint density at radius 2 is 1.92 bits per heavy atom. The number of hydrogen-bond acceptors (Lipinski definition) is 2. The first-order valence-electron chi connectivity index (χ1n) is 3.44. The Balaban J connectivity index is 0.00000121. The largest absolute Gasteiger partial charge is 1.00 e. The van der Waals surface area contributed by atoms with Crippen molar-refractivity contribution in [2.24, 2.45) is 0 Å². The van der Waals surface area contributed by atoms with Crippen molar-refractivity contribution in [3.63, 3.8) is 0 Å². The Labute approximate surface area is 94.4 Å². The Hall–Kier alpha value is -0.310. The molecule has 0 atom stereocenters. The maximum absolute atomic E-state index is 11.2. The minimum Gasteiger partial charge on any atom is -0.872 e. The van der Waals surface area contributed by atoms with Gasteiger partial charge in [0.25, 0.3) is 0 Å². The van der Waals surface area contributed by atoms with E-state index in [0.717, 1.165) is 11.8 Å².